The summed E-state index contributed by atoms with van der Waals surface area (Å²) in [6, 6.07) is 0. The smallest absolute Gasteiger partial charge is 0.187 e. The van der Waals surface area contributed by atoms with Crippen molar-refractivity contribution in [1.82, 2.24) is 0 Å². The molecular formula is C12H22O5. The van der Waals surface area contributed by atoms with E-state index in [-0.39, 0.29) is 30.7 Å². The molecule has 2 heterocycles. The number of hydrogen-bond donors (Lipinski definition) is 1. The summed E-state index contributed by atoms with van der Waals surface area (Å²) >= 11 is 0. The van der Waals surface area contributed by atoms with E-state index in [0.29, 0.717) is 13.2 Å². The van der Waals surface area contributed by atoms with E-state index in [4.69, 9.17) is 18.9 Å². The fraction of sp³-hybridized carbons (Fsp3) is 1.00. The molecule has 0 aromatic heterocycles. The largest absolute Gasteiger partial charge is 0.390 e. The van der Waals surface area contributed by atoms with Crippen LogP contribution in [0.15, 0.2) is 0 Å². The highest BCUT2D eigenvalue weighted by atomic mass is 16.8. The molecule has 0 bridgehead atoms. The molecule has 5 unspecified atom stereocenters. The van der Waals surface area contributed by atoms with Crippen molar-refractivity contribution in [3.8, 4) is 0 Å². The molecule has 100 valence electrons. The van der Waals surface area contributed by atoms with Crippen LogP contribution in [0.4, 0.5) is 0 Å². The maximum atomic E-state index is 10.2. The van der Waals surface area contributed by atoms with Crippen molar-refractivity contribution >= 4 is 0 Å². The molecule has 2 fully saturated rings. The van der Waals surface area contributed by atoms with Crippen molar-refractivity contribution in [2.75, 3.05) is 13.2 Å². The molecule has 0 radical (unpaired) electrons. The van der Waals surface area contributed by atoms with Crippen molar-refractivity contribution in [2.24, 2.45) is 5.92 Å². The predicted molar refractivity (Wildman–Crippen MR) is 60.4 cm³/mol. The predicted octanol–water partition coefficient (Wildman–Crippen LogP) is 0.896. The highest BCUT2D eigenvalue weighted by molar-refractivity contribution is 4.91. The summed E-state index contributed by atoms with van der Waals surface area (Å²) in [4.78, 5) is 0. The molecule has 2 rings (SSSR count). The molecule has 0 aromatic rings. The molecule has 2 aliphatic rings. The standard InChI is InChI=1S/C12H22O5/c1-4-14-12-10(17-12)9(13)8-5-6-15-11(8)16-7(2)3/h7-13H,4-6H2,1-3H3. The summed E-state index contributed by atoms with van der Waals surface area (Å²) in [5.41, 5.74) is 0. The number of epoxide rings is 1. The Morgan fingerprint density at radius 3 is 2.76 bits per heavy atom. The number of ether oxygens (including phenoxy) is 4. The Morgan fingerprint density at radius 2 is 2.12 bits per heavy atom. The number of hydrogen-bond acceptors (Lipinski definition) is 5. The maximum Gasteiger partial charge on any atom is 0.187 e. The van der Waals surface area contributed by atoms with Crippen LogP contribution in [-0.2, 0) is 18.9 Å². The van der Waals surface area contributed by atoms with Gasteiger partial charge in [0, 0.05) is 12.5 Å². The molecule has 0 aliphatic carbocycles. The third-order valence-electron chi connectivity index (χ3n) is 3.08. The third kappa shape index (κ3) is 3.17. The highest BCUT2D eigenvalue weighted by Crippen LogP contribution is 2.36. The lowest BCUT2D eigenvalue weighted by atomic mass is 9.97. The Kier molecular flexibility index (Phi) is 4.38. The summed E-state index contributed by atoms with van der Waals surface area (Å²) in [5, 5.41) is 10.2. The zero-order valence-corrected chi connectivity index (χ0v) is 10.7. The van der Waals surface area contributed by atoms with Gasteiger partial charge in [0.15, 0.2) is 12.6 Å². The van der Waals surface area contributed by atoms with Gasteiger partial charge in [0.2, 0.25) is 0 Å². The second kappa shape index (κ2) is 5.63. The van der Waals surface area contributed by atoms with Crippen LogP contribution in [0.5, 0.6) is 0 Å². The molecule has 0 spiro atoms. The summed E-state index contributed by atoms with van der Waals surface area (Å²) in [6.07, 6.45) is -0.475. The molecule has 0 aromatic carbocycles. The van der Waals surface area contributed by atoms with Gasteiger partial charge in [-0.15, -0.1) is 0 Å². The van der Waals surface area contributed by atoms with E-state index in [1.54, 1.807) is 0 Å². The van der Waals surface area contributed by atoms with Gasteiger partial charge in [-0.05, 0) is 27.2 Å². The van der Waals surface area contributed by atoms with Crippen LogP contribution < -0.4 is 0 Å². The van der Waals surface area contributed by atoms with Gasteiger partial charge in [-0.25, -0.2) is 0 Å². The van der Waals surface area contributed by atoms with E-state index < -0.39 is 6.10 Å². The number of rotatable bonds is 6. The Bertz CT molecular complexity index is 245. The van der Waals surface area contributed by atoms with Gasteiger partial charge in [0.25, 0.3) is 0 Å². The quantitative estimate of drug-likeness (QED) is 0.705. The van der Waals surface area contributed by atoms with Gasteiger partial charge in [0.1, 0.15) is 6.10 Å². The second-order valence-electron chi connectivity index (χ2n) is 4.79. The van der Waals surface area contributed by atoms with Crippen LogP contribution in [0.25, 0.3) is 0 Å². The second-order valence-corrected chi connectivity index (χ2v) is 4.79. The van der Waals surface area contributed by atoms with Gasteiger partial charge in [-0.1, -0.05) is 0 Å². The van der Waals surface area contributed by atoms with Crippen LogP contribution in [0.3, 0.4) is 0 Å². The Labute approximate surface area is 102 Å². The maximum absolute atomic E-state index is 10.2. The minimum atomic E-state index is -0.571. The van der Waals surface area contributed by atoms with E-state index in [1.165, 1.54) is 0 Å². The molecule has 17 heavy (non-hydrogen) atoms. The Morgan fingerprint density at radius 1 is 1.35 bits per heavy atom. The van der Waals surface area contributed by atoms with E-state index >= 15 is 0 Å². The van der Waals surface area contributed by atoms with Gasteiger partial charge in [0.05, 0.1) is 18.8 Å². The summed E-state index contributed by atoms with van der Waals surface area (Å²) < 4.78 is 21.7. The van der Waals surface area contributed by atoms with Gasteiger partial charge >= 0.3 is 0 Å². The van der Waals surface area contributed by atoms with Crippen LogP contribution in [0.1, 0.15) is 27.2 Å². The molecule has 5 nitrogen and oxygen atoms in total. The average molecular weight is 246 g/mol. The van der Waals surface area contributed by atoms with E-state index in [2.05, 4.69) is 0 Å². The molecule has 2 saturated heterocycles. The van der Waals surface area contributed by atoms with Crippen LogP contribution in [0, 0.1) is 5.92 Å². The van der Waals surface area contributed by atoms with Gasteiger partial charge in [-0.3, -0.25) is 0 Å². The minimum Gasteiger partial charge on any atom is -0.390 e. The van der Waals surface area contributed by atoms with Crippen LogP contribution in [0.2, 0.25) is 0 Å². The first-order valence-electron chi connectivity index (χ1n) is 6.35. The van der Waals surface area contributed by atoms with Crippen molar-refractivity contribution in [3.05, 3.63) is 0 Å². The number of aliphatic hydroxyl groups excluding tert-OH is 1. The third-order valence-corrected chi connectivity index (χ3v) is 3.08. The first-order valence-corrected chi connectivity index (χ1v) is 6.35. The van der Waals surface area contributed by atoms with Crippen molar-refractivity contribution < 1.29 is 24.1 Å². The van der Waals surface area contributed by atoms with Crippen molar-refractivity contribution in [2.45, 2.75) is 58.1 Å². The SMILES string of the molecule is CCOC1OC1C(O)C1CCOC1OC(C)C. The molecule has 5 heteroatoms. The highest BCUT2D eigenvalue weighted by Gasteiger charge is 2.51. The molecule has 1 N–H and O–H groups in total. The molecule has 0 amide bonds. The lowest BCUT2D eigenvalue weighted by molar-refractivity contribution is -0.169. The normalized spacial score (nSPS) is 38.6. The molecule has 0 saturated carbocycles. The van der Waals surface area contributed by atoms with E-state index in [1.807, 2.05) is 20.8 Å². The Hall–Kier alpha value is -0.200. The van der Waals surface area contributed by atoms with E-state index in [0.717, 1.165) is 6.42 Å². The topological polar surface area (TPSA) is 60.5 Å². The zero-order valence-electron chi connectivity index (χ0n) is 10.7. The van der Waals surface area contributed by atoms with Crippen LogP contribution in [-0.4, -0.2) is 49.2 Å². The van der Waals surface area contributed by atoms with E-state index in [9.17, 15) is 5.11 Å². The summed E-state index contributed by atoms with van der Waals surface area (Å²) in [6.45, 7) is 7.06. The molecule has 5 atom stereocenters. The Balaban J connectivity index is 1.84. The summed E-state index contributed by atoms with van der Waals surface area (Å²) in [7, 11) is 0. The molecule has 2 aliphatic heterocycles. The van der Waals surface area contributed by atoms with Crippen molar-refractivity contribution in [1.29, 1.82) is 0 Å². The first kappa shape index (κ1) is 13.2. The fourth-order valence-electron chi connectivity index (χ4n) is 2.21. The zero-order chi connectivity index (χ0) is 12.4. The fourth-order valence-corrected chi connectivity index (χ4v) is 2.21. The lowest BCUT2D eigenvalue weighted by Gasteiger charge is -2.24. The molecular weight excluding hydrogens is 224 g/mol. The van der Waals surface area contributed by atoms with Gasteiger partial charge < -0.3 is 24.1 Å². The lowest BCUT2D eigenvalue weighted by Crippen LogP contribution is -2.36. The average Bonchev–Trinajstić information content (AvgIpc) is 2.88. The van der Waals surface area contributed by atoms with Crippen LogP contribution >= 0.6 is 0 Å². The minimum absolute atomic E-state index is 0.0205. The van der Waals surface area contributed by atoms with Crippen molar-refractivity contribution in [3.63, 3.8) is 0 Å². The van der Waals surface area contributed by atoms with Gasteiger partial charge in [-0.2, -0.15) is 0 Å². The summed E-state index contributed by atoms with van der Waals surface area (Å²) in [5.74, 6) is -0.0205. The first-order chi connectivity index (χ1) is 8.13. The monoisotopic (exact) mass is 246 g/mol. The number of aliphatic hydroxyl groups is 1.